The molecule has 4 aliphatic rings. The minimum Gasteiger partial charge on any atom is -0.380 e. The number of aromatic nitrogens is 3. The number of hydrogen-bond donors (Lipinski definition) is 2. The lowest BCUT2D eigenvalue weighted by atomic mass is 9.76. The van der Waals surface area contributed by atoms with E-state index < -0.39 is 0 Å². The minimum atomic E-state index is -0.0791. The van der Waals surface area contributed by atoms with Crippen LogP contribution >= 0.6 is 0 Å². The second-order valence-electron chi connectivity index (χ2n) is 11.4. The molecule has 0 bridgehead atoms. The van der Waals surface area contributed by atoms with Gasteiger partial charge in [0.1, 0.15) is 5.82 Å². The maximum absolute atomic E-state index is 6.69. The minimum absolute atomic E-state index is 0.00211. The quantitative estimate of drug-likeness (QED) is 0.629. The second kappa shape index (κ2) is 9.29. The molecule has 2 aromatic rings. The molecule has 0 amide bonds. The van der Waals surface area contributed by atoms with Gasteiger partial charge in [0.15, 0.2) is 0 Å². The first kappa shape index (κ1) is 24.2. The van der Waals surface area contributed by atoms with Crippen LogP contribution in [-0.2, 0) is 14.2 Å². The van der Waals surface area contributed by atoms with Gasteiger partial charge in [-0.2, -0.15) is 10.2 Å². The molecule has 6 atom stereocenters. The lowest BCUT2D eigenvalue weighted by Crippen LogP contribution is -2.66. The number of fused-ring (bicyclic) bond motifs is 1. The maximum Gasteiger partial charge on any atom is 0.131 e. The van der Waals surface area contributed by atoms with Gasteiger partial charge < -0.3 is 19.1 Å². The highest BCUT2D eigenvalue weighted by molar-refractivity contribution is 5.51. The van der Waals surface area contributed by atoms with E-state index in [1.54, 1.807) is 7.11 Å². The smallest absolute Gasteiger partial charge is 0.131 e. The summed E-state index contributed by atoms with van der Waals surface area (Å²) in [5.41, 5.74) is 13.1. The molecule has 36 heavy (non-hydrogen) atoms. The van der Waals surface area contributed by atoms with Gasteiger partial charge in [0.25, 0.3) is 0 Å². The number of ether oxygens (including phenoxy) is 3. The van der Waals surface area contributed by atoms with E-state index in [9.17, 15) is 0 Å². The summed E-state index contributed by atoms with van der Waals surface area (Å²) in [4.78, 5) is 7.30. The summed E-state index contributed by atoms with van der Waals surface area (Å²) in [7, 11) is 1.79. The Morgan fingerprint density at radius 2 is 1.89 bits per heavy atom. The highest BCUT2D eigenvalue weighted by Gasteiger charge is 2.50. The maximum atomic E-state index is 6.69. The molecule has 2 aromatic heterocycles. The molecule has 1 aliphatic carbocycles. The summed E-state index contributed by atoms with van der Waals surface area (Å²) in [5, 5.41) is 8.33. The van der Waals surface area contributed by atoms with Gasteiger partial charge in [-0.3, -0.25) is 5.43 Å². The SMILES string of the molecule is COC1CC2NNC(c3cnc(N4CC5(COC5)C4)c(C)c3)C2CC1O[C@H](C)c1c(C)cnnc1C. The second-order valence-corrected chi connectivity index (χ2v) is 11.4. The Labute approximate surface area is 213 Å². The average Bonchev–Trinajstić information content (AvgIpc) is 3.20. The zero-order valence-corrected chi connectivity index (χ0v) is 22.0. The van der Waals surface area contributed by atoms with E-state index in [1.807, 2.05) is 13.1 Å². The number of hydrogen-bond acceptors (Lipinski definition) is 9. The average molecular weight is 495 g/mol. The fraction of sp³-hybridized carbons (Fsp3) is 0.667. The Morgan fingerprint density at radius 1 is 1.08 bits per heavy atom. The molecule has 3 aliphatic heterocycles. The Morgan fingerprint density at radius 3 is 2.56 bits per heavy atom. The molecule has 5 unspecified atom stereocenters. The fourth-order valence-electron chi connectivity index (χ4n) is 6.85. The van der Waals surface area contributed by atoms with Gasteiger partial charge >= 0.3 is 0 Å². The molecule has 5 heterocycles. The third-order valence-electron chi connectivity index (χ3n) is 8.74. The lowest BCUT2D eigenvalue weighted by molar-refractivity contribution is -0.127. The topological polar surface area (TPSA) is 93.7 Å². The summed E-state index contributed by atoms with van der Waals surface area (Å²) < 4.78 is 18.0. The van der Waals surface area contributed by atoms with Crippen molar-refractivity contribution in [1.29, 1.82) is 0 Å². The predicted octanol–water partition coefficient (Wildman–Crippen LogP) is 2.72. The lowest BCUT2D eigenvalue weighted by Gasteiger charge is -2.55. The number of rotatable bonds is 6. The molecule has 4 fully saturated rings. The number of anilines is 1. The Bertz CT molecular complexity index is 1100. The van der Waals surface area contributed by atoms with Crippen LogP contribution in [0.3, 0.4) is 0 Å². The van der Waals surface area contributed by atoms with Gasteiger partial charge in [0, 0.05) is 38.0 Å². The van der Waals surface area contributed by atoms with E-state index in [0.29, 0.717) is 17.4 Å². The van der Waals surface area contributed by atoms with Gasteiger partial charge in [0.2, 0.25) is 0 Å². The molecule has 9 nitrogen and oxygen atoms in total. The van der Waals surface area contributed by atoms with E-state index in [-0.39, 0.29) is 24.4 Å². The number of nitrogens with zero attached hydrogens (tertiary/aromatic N) is 4. The predicted molar refractivity (Wildman–Crippen MR) is 136 cm³/mol. The monoisotopic (exact) mass is 494 g/mol. The summed E-state index contributed by atoms with van der Waals surface area (Å²) in [6.07, 6.45) is 5.63. The zero-order valence-electron chi connectivity index (χ0n) is 22.0. The van der Waals surface area contributed by atoms with Crippen molar-refractivity contribution >= 4 is 5.82 Å². The Kier molecular flexibility index (Phi) is 6.24. The number of methoxy groups -OCH3 is 1. The number of nitrogens with one attached hydrogen (secondary N) is 2. The van der Waals surface area contributed by atoms with E-state index >= 15 is 0 Å². The first-order valence-corrected chi connectivity index (χ1v) is 13.1. The fourth-order valence-corrected chi connectivity index (χ4v) is 6.85. The first-order valence-electron chi connectivity index (χ1n) is 13.1. The third-order valence-corrected chi connectivity index (χ3v) is 8.74. The van der Waals surface area contributed by atoms with E-state index in [0.717, 1.165) is 61.8 Å². The zero-order chi connectivity index (χ0) is 25.0. The van der Waals surface area contributed by atoms with Gasteiger partial charge in [-0.05, 0) is 69.2 Å². The van der Waals surface area contributed by atoms with Crippen molar-refractivity contribution < 1.29 is 14.2 Å². The van der Waals surface area contributed by atoms with Crippen LogP contribution < -0.4 is 15.8 Å². The molecular formula is C27H38N6O3. The summed E-state index contributed by atoms with van der Waals surface area (Å²) in [6.45, 7) is 12.2. The molecular weight excluding hydrogens is 456 g/mol. The highest BCUT2D eigenvalue weighted by atomic mass is 16.5. The molecule has 1 spiro atoms. The van der Waals surface area contributed by atoms with Crippen LogP contribution in [0.5, 0.6) is 0 Å². The standard InChI is InChI=1S/C27H38N6O3/c1-15-6-19(10-28-26(15)33-11-27(12-33)13-35-14-27)25-20-7-23(22(34-5)8-21(20)31-32-25)36-18(4)24-16(2)9-29-30-17(24)3/h6,9-10,18,20-23,25,31-32H,7-8,11-14H2,1-5H3/t18-,20?,21?,22?,23?,25?/m1/s1. The van der Waals surface area contributed by atoms with Crippen molar-refractivity contribution in [1.82, 2.24) is 26.0 Å². The van der Waals surface area contributed by atoms with Gasteiger partial charge in [0.05, 0.1) is 54.9 Å². The van der Waals surface area contributed by atoms with Crippen molar-refractivity contribution in [3.8, 4) is 0 Å². The number of pyridine rings is 1. The molecule has 2 N–H and O–H groups in total. The summed E-state index contributed by atoms with van der Waals surface area (Å²) in [6, 6.07) is 2.82. The van der Waals surface area contributed by atoms with Gasteiger partial charge in [-0.15, -0.1) is 0 Å². The molecule has 1 saturated carbocycles. The van der Waals surface area contributed by atoms with E-state index in [2.05, 4.69) is 59.0 Å². The van der Waals surface area contributed by atoms with Crippen LogP contribution in [0, 0.1) is 32.1 Å². The van der Waals surface area contributed by atoms with Crippen molar-refractivity contribution in [3.05, 3.63) is 46.4 Å². The van der Waals surface area contributed by atoms with Gasteiger partial charge in [-0.1, -0.05) is 0 Å². The highest BCUT2D eigenvalue weighted by Crippen LogP contribution is 2.43. The van der Waals surface area contributed by atoms with Crippen LogP contribution in [0.1, 0.15) is 59.9 Å². The summed E-state index contributed by atoms with van der Waals surface area (Å²) >= 11 is 0. The largest absolute Gasteiger partial charge is 0.380 e. The molecule has 6 rings (SSSR count). The number of aryl methyl sites for hydroxylation is 3. The third kappa shape index (κ3) is 4.11. The Hall–Kier alpha value is -2.17. The molecule has 9 heteroatoms. The van der Waals surface area contributed by atoms with Crippen LogP contribution in [0.15, 0.2) is 18.5 Å². The van der Waals surface area contributed by atoms with Gasteiger partial charge in [-0.25, -0.2) is 10.4 Å². The first-order chi connectivity index (χ1) is 17.4. The Balaban J connectivity index is 1.17. The van der Waals surface area contributed by atoms with E-state index in [4.69, 9.17) is 19.2 Å². The van der Waals surface area contributed by atoms with E-state index in [1.165, 1.54) is 11.1 Å². The van der Waals surface area contributed by atoms with Crippen molar-refractivity contribution in [3.63, 3.8) is 0 Å². The van der Waals surface area contributed by atoms with Crippen molar-refractivity contribution in [2.45, 2.75) is 70.9 Å². The molecule has 194 valence electrons. The van der Waals surface area contributed by atoms with Crippen LogP contribution in [0.4, 0.5) is 5.82 Å². The number of hydrazine groups is 1. The molecule has 0 radical (unpaired) electrons. The van der Waals surface area contributed by atoms with Crippen LogP contribution in [0.25, 0.3) is 0 Å². The molecule has 0 aromatic carbocycles. The van der Waals surface area contributed by atoms with Crippen LogP contribution in [0.2, 0.25) is 0 Å². The van der Waals surface area contributed by atoms with Crippen molar-refractivity contribution in [2.75, 3.05) is 38.3 Å². The van der Waals surface area contributed by atoms with Crippen LogP contribution in [-0.4, -0.2) is 66.8 Å². The van der Waals surface area contributed by atoms with Crippen molar-refractivity contribution in [2.24, 2.45) is 11.3 Å². The normalized spacial score (nSPS) is 31.6. The molecule has 3 saturated heterocycles. The summed E-state index contributed by atoms with van der Waals surface area (Å²) in [5.74, 6) is 1.49.